The van der Waals surface area contributed by atoms with Crippen LogP contribution in [0.3, 0.4) is 0 Å². The number of ether oxygens (including phenoxy) is 1. The van der Waals surface area contributed by atoms with Crippen molar-refractivity contribution >= 4 is 27.5 Å². The van der Waals surface area contributed by atoms with E-state index in [1.165, 1.54) is 24.8 Å². The molecule has 0 aromatic heterocycles. The molecule has 1 unspecified atom stereocenters. The molecule has 0 amide bonds. The molecule has 1 atom stereocenters. The Morgan fingerprint density at radius 3 is 2.65 bits per heavy atom. The third-order valence-corrected chi connectivity index (χ3v) is 4.71. The summed E-state index contributed by atoms with van der Waals surface area (Å²) in [7, 11) is 1.83. The zero-order valence-electron chi connectivity index (χ0n) is 10.1. The highest BCUT2D eigenvalue weighted by atomic mass is 79.9. The molecule has 94 valence electrons. The normalized spacial score (nSPS) is 19.7. The van der Waals surface area contributed by atoms with Gasteiger partial charge in [0.05, 0.1) is 5.60 Å². The van der Waals surface area contributed by atoms with Crippen LogP contribution in [0, 0.1) is 0 Å². The molecular weight excluding hydrogens is 300 g/mol. The Bertz CT molecular complexity index is 371. The standard InChI is InChI=1S/C14H18BrClO/c1-17-14(7-4-8-14)10-12(15)9-11-5-2-3-6-13(11)16/h2-3,5-6,12H,4,7-10H2,1H3. The number of halogens is 2. The van der Waals surface area contributed by atoms with Crippen LogP contribution in [0.4, 0.5) is 0 Å². The summed E-state index contributed by atoms with van der Waals surface area (Å²) in [5, 5.41) is 0.858. The highest BCUT2D eigenvalue weighted by Gasteiger charge is 2.38. The first-order chi connectivity index (χ1) is 8.15. The molecule has 1 nitrogen and oxygen atoms in total. The number of hydrogen-bond donors (Lipinski definition) is 0. The number of methoxy groups -OCH3 is 1. The third kappa shape index (κ3) is 3.24. The molecule has 17 heavy (non-hydrogen) atoms. The second-order valence-corrected chi connectivity index (χ2v) is 6.54. The minimum absolute atomic E-state index is 0.120. The minimum atomic E-state index is 0.120. The Balaban J connectivity index is 1.93. The summed E-state index contributed by atoms with van der Waals surface area (Å²) in [6.07, 6.45) is 5.70. The smallest absolute Gasteiger partial charge is 0.0689 e. The highest BCUT2D eigenvalue weighted by Crippen LogP contribution is 2.40. The van der Waals surface area contributed by atoms with Crippen LogP contribution in [0.5, 0.6) is 0 Å². The molecule has 1 aliphatic rings. The fourth-order valence-corrected chi connectivity index (χ4v) is 3.59. The predicted molar refractivity (Wildman–Crippen MR) is 76.1 cm³/mol. The van der Waals surface area contributed by atoms with E-state index >= 15 is 0 Å². The number of hydrogen-bond acceptors (Lipinski definition) is 1. The quantitative estimate of drug-likeness (QED) is 0.721. The molecular formula is C14H18BrClO. The topological polar surface area (TPSA) is 9.23 Å². The van der Waals surface area contributed by atoms with E-state index in [2.05, 4.69) is 22.0 Å². The molecule has 0 saturated heterocycles. The second-order valence-electron chi connectivity index (χ2n) is 4.84. The lowest BCUT2D eigenvalue weighted by molar-refractivity contribution is -0.0770. The molecule has 0 aliphatic heterocycles. The maximum absolute atomic E-state index is 6.17. The molecule has 0 N–H and O–H groups in total. The van der Waals surface area contributed by atoms with Crippen molar-refractivity contribution in [2.45, 2.75) is 42.5 Å². The van der Waals surface area contributed by atoms with Crippen LogP contribution < -0.4 is 0 Å². The van der Waals surface area contributed by atoms with Crippen LogP contribution >= 0.6 is 27.5 Å². The van der Waals surface area contributed by atoms with E-state index in [4.69, 9.17) is 16.3 Å². The maximum Gasteiger partial charge on any atom is 0.0689 e. The van der Waals surface area contributed by atoms with Gasteiger partial charge in [-0.15, -0.1) is 0 Å². The highest BCUT2D eigenvalue weighted by molar-refractivity contribution is 9.09. The average molecular weight is 318 g/mol. The summed E-state index contributed by atoms with van der Waals surface area (Å²) in [4.78, 5) is 0.433. The average Bonchev–Trinajstić information content (AvgIpc) is 2.27. The van der Waals surface area contributed by atoms with Gasteiger partial charge in [-0.3, -0.25) is 0 Å². The van der Waals surface area contributed by atoms with Crippen molar-refractivity contribution < 1.29 is 4.74 Å². The van der Waals surface area contributed by atoms with Gasteiger partial charge < -0.3 is 4.74 Å². The van der Waals surface area contributed by atoms with Crippen LogP contribution in [0.25, 0.3) is 0 Å². The monoisotopic (exact) mass is 316 g/mol. The first-order valence-corrected chi connectivity index (χ1v) is 7.37. The van der Waals surface area contributed by atoms with Gasteiger partial charge in [-0.25, -0.2) is 0 Å². The third-order valence-electron chi connectivity index (χ3n) is 3.69. The fourth-order valence-electron chi connectivity index (χ4n) is 2.44. The van der Waals surface area contributed by atoms with Gasteiger partial charge in [-0.2, -0.15) is 0 Å². The van der Waals surface area contributed by atoms with Gasteiger partial charge in [-0.05, 0) is 43.7 Å². The van der Waals surface area contributed by atoms with Crippen LogP contribution in [0.15, 0.2) is 24.3 Å². The van der Waals surface area contributed by atoms with E-state index < -0.39 is 0 Å². The Labute approximate surface area is 117 Å². The molecule has 1 aliphatic carbocycles. The van der Waals surface area contributed by atoms with E-state index in [-0.39, 0.29) is 5.60 Å². The lowest BCUT2D eigenvalue weighted by Gasteiger charge is -2.42. The zero-order valence-corrected chi connectivity index (χ0v) is 12.4. The number of alkyl halides is 1. The Hall–Kier alpha value is -0.0500. The summed E-state index contributed by atoms with van der Waals surface area (Å²) in [5.74, 6) is 0. The summed E-state index contributed by atoms with van der Waals surface area (Å²) in [6, 6.07) is 8.05. The van der Waals surface area contributed by atoms with Crippen LogP contribution in [0.2, 0.25) is 5.02 Å². The number of rotatable bonds is 5. The van der Waals surface area contributed by atoms with E-state index in [0.717, 1.165) is 17.9 Å². The fraction of sp³-hybridized carbons (Fsp3) is 0.571. The van der Waals surface area contributed by atoms with Gasteiger partial charge >= 0.3 is 0 Å². The minimum Gasteiger partial charge on any atom is -0.378 e. The molecule has 0 spiro atoms. The zero-order chi connectivity index (χ0) is 12.3. The largest absolute Gasteiger partial charge is 0.378 e. The van der Waals surface area contributed by atoms with Gasteiger partial charge in [0.25, 0.3) is 0 Å². The molecule has 0 radical (unpaired) electrons. The van der Waals surface area contributed by atoms with E-state index in [9.17, 15) is 0 Å². The number of benzene rings is 1. The van der Waals surface area contributed by atoms with Crippen LogP contribution in [-0.4, -0.2) is 17.5 Å². The van der Waals surface area contributed by atoms with Crippen LogP contribution in [-0.2, 0) is 11.2 Å². The van der Waals surface area contributed by atoms with Crippen molar-refractivity contribution in [2.75, 3.05) is 7.11 Å². The maximum atomic E-state index is 6.17. The predicted octanol–water partition coefficient (Wildman–Crippen LogP) is 4.61. The van der Waals surface area contributed by atoms with E-state index in [1.807, 2.05) is 25.3 Å². The van der Waals surface area contributed by atoms with Crippen molar-refractivity contribution in [1.29, 1.82) is 0 Å². The van der Waals surface area contributed by atoms with Crippen LogP contribution in [0.1, 0.15) is 31.2 Å². The van der Waals surface area contributed by atoms with Gasteiger partial charge in [0.2, 0.25) is 0 Å². The van der Waals surface area contributed by atoms with Gasteiger partial charge in [0.15, 0.2) is 0 Å². The molecule has 1 saturated carbocycles. The molecule has 1 aromatic rings. The summed E-state index contributed by atoms with van der Waals surface area (Å²) in [6.45, 7) is 0. The molecule has 3 heteroatoms. The van der Waals surface area contributed by atoms with Gasteiger partial charge in [0, 0.05) is 17.0 Å². The summed E-state index contributed by atoms with van der Waals surface area (Å²) in [5.41, 5.74) is 1.33. The van der Waals surface area contributed by atoms with Gasteiger partial charge in [-0.1, -0.05) is 45.7 Å². The molecule has 1 aromatic carbocycles. The lowest BCUT2D eigenvalue weighted by atomic mass is 9.76. The van der Waals surface area contributed by atoms with Crippen molar-refractivity contribution in [3.63, 3.8) is 0 Å². The summed E-state index contributed by atoms with van der Waals surface area (Å²) < 4.78 is 5.65. The van der Waals surface area contributed by atoms with Crippen molar-refractivity contribution in [1.82, 2.24) is 0 Å². The Kier molecular flexibility index (Phi) is 4.51. The molecule has 2 rings (SSSR count). The van der Waals surface area contributed by atoms with E-state index in [1.54, 1.807) is 0 Å². The Morgan fingerprint density at radius 2 is 2.12 bits per heavy atom. The molecule has 0 heterocycles. The first kappa shape index (κ1) is 13.4. The molecule has 0 bridgehead atoms. The van der Waals surface area contributed by atoms with Gasteiger partial charge in [0.1, 0.15) is 0 Å². The lowest BCUT2D eigenvalue weighted by Crippen LogP contribution is -2.41. The van der Waals surface area contributed by atoms with Crippen molar-refractivity contribution in [2.24, 2.45) is 0 Å². The van der Waals surface area contributed by atoms with E-state index in [0.29, 0.717) is 4.83 Å². The summed E-state index contributed by atoms with van der Waals surface area (Å²) >= 11 is 9.93. The Morgan fingerprint density at radius 1 is 1.41 bits per heavy atom. The SMILES string of the molecule is COC1(CC(Br)Cc2ccccc2Cl)CCC1. The second kappa shape index (κ2) is 5.73. The molecule has 1 fully saturated rings. The first-order valence-electron chi connectivity index (χ1n) is 6.08. The van der Waals surface area contributed by atoms with Crippen molar-refractivity contribution in [3.8, 4) is 0 Å². The van der Waals surface area contributed by atoms with Crippen molar-refractivity contribution in [3.05, 3.63) is 34.9 Å².